The molecule has 2 heteroatoms. The molecular formula is C12H18BrN. The van der Waals surface area contributed by atoms with Crippen LogP contribution in [0.4, 0.5) is 5.69 Å². The molecule has 0 N–H and O–H groups in total. The summed E-state index contributed by atoms with van der Waals surface area (Å²) >= 11 is 3.45. The number of halogens is 1. The molecule has 1 aromatic carbocycles. The average Bonchev–Trinajstić information content (AvgIpc) is 2.18. The van der Waals surface area contributed by atoms with E-state index in [9.17, 15) is 0 Å². The number of hydrogen-bond donors (Lipinski definition) is 0. The summed E-state index contributed by atoms with van der Waals surface area (Å²) in [4.78, 5) is 2.33. The number of para-hydroxylation sites is 1. The fourth-order valence-electron chi connectivity index (χ4n) is 1.56. The molecule has 0 spiro atoms. The van der Waals surface area contributed by atoms with Crippen molar-refractivity contribution < 1.29 is 0 Å². The molecule has 14 heavy (non-hydrogen) atoms. The highest BCUT2D eigenvalue weighted by molar-refractivity contribution is 9.09. The molecule has 0 heterocycles. The van der Waals surface area contributed by atoms with Gasteiger partial charge in [0.25, 0.3) is 0 Å². The van der Waals surface area contributed by atoms with E-state index in [4.69, 9.17) is 0 Å². The second-order valence-corrected chi connectivity index (χ2v) is 4.40. The van der Waals surface area contributed by atoms with Gasteiger partial charge in [-0.25, -0.2) is 0 Å². The lowest BCUT2D eigenvalue weighted by molar-refractivity contribution is 0.773. The first-order chi connectivity index (χ1) is 6.75. The molecule has 78 valence electrons. The summed E-state index contributed by atoms with van der Waals surface area (Å²) in [5, 5.41) is 1.11. The topological polar surface area (TPSA) is 3.24 Å². The Bertz CT molecular complexity index is 273. The Kier molecular flexibility index (Phi) is 5.02. The molecule has 0 fully saturated rings. The number of aryl methyl sites for hydroxylation is 1. The zero-order valence-corrected chi connectivity index (χ0v) is 10.5. The van der Waals surface area contributed by atoms with Crippen LogP contribution in [0.25, 0.3) is 0 Å². The van der Waals surface area contributed by atoms with Crippen LogP contribution in [0.5, 0.6) is 0 Å². The highest BCUT2D eigenvalue weighted by atomic mass is 79.9. The van der Waals surface area contributed by atoms with E-state index in [1.165, 1.54) is 24.1 Å². The molecule has 1 nitrogen and oxygen atoms in total. The minimum atomic E-state index is 1.11. The zero-order valence-electron chi connectivity index (χ0n) is 8.96. The van der Waals surface area contributed by atoms with Gasteiger partial charge in [0.2, 0.25) is 0 Å². The number of alkyl halides is 1. The van der Waals surface area contributed by atoms with Gasteiger partial charge in [0.05, 0.1) is 0 Å². The van der Waals surface area contributed by atoms with E-state index in [0.29, 0.717) is 0 Å². The summed E-state index contributed by atoms with van der Waals surface area (Å²) < 4.78 is 0. The van der Waals surface area contributed by atoms with Crippen molar-refractivity contribution in [2.75, 3.05) is 23.8 Å². The smallest absolute Gasteiger partial charge is 0.0393 e. The summed E-state index contributed by atoms with van der Waals surface area (Å²) in [5.41, 5.74) is 2.70. The molecule has 0 amide bonds. The van der Waals surface area contributed by atoms with Crippen molar-refractivity contribution >= 4 is 21.6 Å². The molecule has 1 aromatic rings. The molecule has 0 bridgehead atoms. The van der Waals surface area contributed by atoms with Crippen LogP contribution in [-0.4, -0.2) is 18.9 Å². The summed E-state index contributed by atoms with van der Waals surface area (Å²) in [5.74, 6) is 0. The number of nitrogens with zero attached hydrogens (tertiary/aromatic N) is 1. The minimum absolute atomic E-state index is 1.11. The van der Waals surface area contributed by atoms with Crippen molar-refractivity contribution in [1.29, 1.82) is 0 Å². The third-order valence-corrected chi connectivity index (χ3v) is 2.96. The van der Waals surface area contributed by atoms with Crippen molar-refractivity contribution in [3.63, 3.8) is 0 Å². The van der Waals surface area contributed by atoms with Gasteiger partial charge in [-0.3, -0.25) is 0 Å². The Morgan fingerprint density at radius 1 is 1.21 bits per heavy atom. The van der Waals surface area contributed by atoms with Gasteiger partial charge in [0, 0.05) is 24.6 Å². The van der Waals surface area contributed by atoms with Crippen LogP contribution in [0.1, 0.15) is 18.4 Å². The van der Waals surface area contributed by atoms with E-state index in [1.807, 2.05) is 0 Å². The highest BCUT2D eigenvalue weighted by Crippen LogP contribution is 2.17. The molecule has 0 aliphatic heterocycles. The number of rotatable bonds is 5. The molecule has 0 unspecified atom stereocenters. The SMILES string of the molecule is Cc1ccccc1N(C)CCCCBr. The Hall–Kier alpha value is -0.500. The lowest BCUT2D eigenvalue weighted by Crippen LogP contribution is -2.19. The Labute approximate surface area is 95.2 Å². The van der Waals surface area contributed by atoms with Crippen molar-refractivity contribution in [1.82, 2.24) is 0 Å². The van der Waals surface area contributed by atoms with Gasteiger partial charge in [-0.15, -0.1) is 0 Å². The fraction of sp³-hybridized carbons (Fsp3) is 0.500. The van der Waals surface area contributed by atoms with Crippen molar-refractivity contribution in [2.24, 2.45) is 0 Å². The van der Waals surface area contributed by atoms with Crippen molar-refractivity contribution in [2.45, 2.75) is 19.8 Å². The van der Waals surface area contributed by atoms with Crippen LogP contribution in [0.2, 0.25) is 0 Å². The molecule has 1 rings (SSSR count). The quantitative estimate of drug-likeness (QED) is 0.574. The van der Waals surface area contributed by atoms with E-state index >= 15 is 0 Å². The third kappa shape index (κ3) is 3.33. The van der Waals surface area contributed by atoms with Gasteiger partial charge in [-0.05, 0) is 31.4 Å². The van der Waals surface area contributed by atoms with Gasteiger partial charge in [-0.1, -0.05) is 34.1 Å². The van der Waals surface area contributed by atoms with Gasteiger partial charge in [0.15, 0.2) is 0 Å². The predicted molar refractivity (Wildman–Crippen MR) is 67.5 cm³/mol. The highest BCUT2D eigenvalue weighted by Gasteiger charge is 2.02. The first-order valence-electron chi connectivity index (χ1n) is 5.08. The second-order valence-electron chi connectivity index (χ2n) is 3.60. The zero-order chi connectivity index (χ0) is 10.4. The lowest BCUT2D eigenvalue weighted by Gasteiger charge is -2.21. The van der Waals surface area contributed by atoms with E-state index in [-0.39, 0.29) is 0 Å². The maximum Gasteiger partial charge on any atom is 0.0393 e. The summed E-state index contributed by atoms with van der Waals surface area (Å²) in [6.45, 7) is 3.30. The van der Waals surface area contributed by atoms with E-state index in [1.54, 1.807) is 0 Å². The van der Waals surface area contributed by atoms with Crippen LogP contribution in [0.15, 0.2) is 24.3 Å². The average molecular weight is 256 g/mol. The lowest BCUT2D eigenvalue weighted by atomic mass is 10.2. The fourth-order valence-corrected chi connectivity index (χ4v) is 1.95. The molecule has 0 saturated heterocycles. The number of benzene rings is 1. The molecule has 0 radical (unpaired) electrons. The van der Waals surface area contributed by atoms with Crippen LogP contribution in [0.3, 0.4) is 0 Å². The van der Waals surface area contributed by atoms with Crippen molar-refractivity contribution in [3.05, 3.63) is 29.8 Å². The summed E-state index contributed by atoms with van der Waals surface area (Å²) in [6.07, 6.45) is 2.49. The Balaban J connectivity index is 2.51. The van der Waals surface area contributed by atoms with Gasteiger partial charge in [0.1, 0.15) is 0 Å². The van der Waals surface area contributed by atoms with Gasteiger partial charge >= 0.3 is 0 Å². The summed E-state index contributed by atoms with van der Waals surface area (Å²) in [6, 6.07) is 8.54. The van der Waals surface area contributed by atoms with Crippen LogP contribution < -0.4 is 4.90 Å². The monoisotopic (exact) mass is 255 g/mol. The van der Waals surface area contributed by atoms with Gasteiger partial charge < -0.3 is 4.90 Å². The van der Waals surface area contributed by atoms with Gasteiger partial charge in [-0.2, -0.15) is 0 Å². The van der Waals surface area contributed by atoms with Crippen LogP contribution in [-0.2, 0) is 0 Å². The molecule has 0 saturated carbocycles. The standard InChI is InChI=1S/C12H18BrN/c1-11-7-3-4-8-12(11)14(2)10-6-5-9-13/h3-4,7-8H,5-6,9-10H2,1-2H3. The normalized spacial score (nSPS) is 10.2. The first-order valence-corrected chi connectivity index (χ1v) is 6.20. The van der Waals surface area contributed by atoms with E-state index < -0.39 is 0 Å². The van der Waals surface area contributed by atoms with Crippen molar-refractivity contribution in [3.8, 4) is 0 Å². The van der Waals surface area contributed by atoms with E-state index in [0.717, 1.165) is 11.9 Å². The Morgan fingerprint density at radius 2 is 1.93 bits per heavy atom. The molecule has 0 aliphatic carbocycles. The molecular weight excluding hydrogens is 238 g/mol. The maximum atomic E-state index is 3.45. The molecule has 0 atom stereocenters. The summed E-state index contributed by atoms with van der Waals surface area (Å²) in [7, 11) is 2.16. The first kappa shape index (κ1) is 11.6. The minimum Gasteiger partial charge on any atom is -0.374 e. The van der Waals surface area contributed by atoms with Crippen LogP contribution >= 0.6 is 15.9 Å². The molecule has 0 aliphatic rings. The number of unbranched alkanes of at least 4 members (excludes halogenated alkanes) is 1. The third-order valence-electron chi connectivity index (χ3n) is 2.40. The maximum absolute atomic E-state index is 3.45. The second kappa shape index (κ2) is 6.07. The van der Waals surface area contributed by atoms with E-state index in [2.05, 4.69) is 59.1 Å². The molecule has 0 aromatic heterocycles. The number of anilines is 1. The van der Waals surface area contributed by atoms with Crippen LogP contribution in [0, 0.1) is 6.92 Å². The number of hydrogen-bond acceptors (Lipinski definition) is 1. The predicted octanol–water partition coefficient (Wildman–Crippen LogP) is 3.61. The largest absolute Gasteiger partial charge is 0.374 e. The Morgan fingerprint density at radius 3 is 2.57 bits per heavy atom.